The highest BCUT2D eigenvalue weighted by Gasteiger charge is 2.29. The number of ether oxygens (including phenoxy) is 1. The minimum Gasteiger partial charge on any atom is -0.489 e. The van der Waals surface area contributed by atoms with Gasteiger partial charge in [0.25, 0.3) is 0 Å². The van der Waals surface area contributed by atoms with Crippen molar-refractivity contribution in [2.24, 2.45) is 0 Å². The fourth-order valence-electron chi connectivity index (χ4n) is 2.44. The molecule has 0 amide bonds. The largest absolute Gasteiger partial charge is 0.489 e. The van der Waals surface area contributed by atoms with Gasteiger partial charge in [0.1, 0.15) is 12.4 Å². The Morgan fingerprint density at radius 1 is 1.39 bits per heavy atom. The monoisotopic (exact) mass is 355 g/mol. The number of nitrogens with zero attached hydrogens (tertiary/aromatic N) is 1. The fourth-order valence-corrected chi connectivity index (χ4v) is 3.03. The van der Waals surface area contributed by atoms with Crippen molar-refractivity contribution in [3.8, 4) is 5.75 Å². The van der Waals surface area contributed by atoms with E-state index in [9.17, 15) is 4.79 Å². The summed E-state index contributed by atoms with van der Waals surface area (Å²) in [5, 5.41) is 0.754. The summed E-state index contributed by atoms with van der Waals surface area (Å²) in [5.74, 6) is 0.813. The molecule has 0 atom stereocenters. The van der Waals surface area contributed by atoms with Crippen molar-refractivity contribution in [3.63, 3.8) is 0 Å². The lowest BCUT2D eigenvalue weighted by molar-refractivity contribution is 0.170. The van der Waals surface area contributed by atoms with E-state index < -0.39 is 0 Å². The van der Waals surface area contributed by atoms with E-state index in [1.807, 2.05) is 25.3 Å². The number of halogens is 1. The van der Waals surface area contributed by atoms with Gasteiger partial charge in [-0.1, -0.05) is 0 Å². The molecule has 0 aliphatic carbocycles. The van der Waals surface area contributed by atoms with E-state index in [2.05, 4.69) is 41.0 Å². The summed E-state index contributed by atoms with van der Waals surface area (Å²) in [6.45, 7) is 6.74. The first-order chi connectivity index (χ1) is 8.40. The van der Waals surface area contributed by atoms with Crippen LogP contribution in [0.2, 0.25) is 0 Å². The zero-order valence-electron chi connectivity index (χ0n) is 10.6. The molecule has 0 unspecified atom stereocenters. The predicted octanol–water partition coefficient (Wildman–Crippen LogP) is 3.04. The molecule has 1 aliphatic heterocycles. The van der Waals surface area contributed by atoms with Crippen molar-refractivity contribution in [2.45, 2.75) is 26.3 Å². The molecule has 4 heteroatoms. The number of hydrogen-bond acceptors (Lipinski definition) is 2. The number of hydrogen-bond donors (Lipinski definition) is 0. The Bertz CT molecular complexity index is 716. The highest BCUT2D eigenvalue weighted by Crippen LogP contribution is 2.35. The van der Waals surface area contributed by atoms with Gasteiger partial charge in [-0.2, -0.15) is 0 Å². The predicted molar refractivity (Wildman–Crippen MR) is 80.5 cm³/mol. The van der Waals surface area contributed by atoms with Crippen molar-refractivity contribution < 1.29 is 4.74 Å². The maximum absolute atomic E-state index is 12.3. The first-order valence-corrected chi connectivity index (χ1v) is 6.97. The van der Waals surface area contributed by atoms with Gasteiger partial charge >= 0.3 is 0 Å². The fraction of sp³-hybridized carbons (Fsp3) is 0.357. The molecule has 3 nitrogen and oxygen atoms in total. The molecule has 0 N–H and O–H groups in total. The van der Waals surface area contributed by atoms with Crippen LogP contribution in [-0.2, 0) is 5.54 Å². The van der Waals surface area contributed by atoms with Crippen LogP contribution < -0.4 is 10.2 Å². The minimum absolute atomic E-state index is 0.0994. The molecule has 1 aromatic heterocycles. The molecule has 0 saturated carbocycles. The van der Waals surface area contributed by atoms with Gasteiger partial charge in [0.15, 0.2) is 5.43 Å². The smallest absolute Gasteiger partial charge is 0.192 e. The number of aryl methyl sites for hydroxylation is 1. The summed E-state index contributed by atoms with van der Waals surface area (Å²) in [6, 6.07) is 3.93. The van der Waals surface area contributed by atoms with Crippen molar-refractivity contribution in [1.29, 1.82) is 0 Å². The van der Waals surface area contributed by atoms with Crippen molar-refractivity contribution in [1.82, 2.24) is 4.57 Å². The Morgan fingerprint density at radius 2 is 2.11 bits per heavy atom. The van der Waals surface area contributed by atoms with E-state index in [1.165, 1.54) is 0 Å². The van der Waals surface area contributed by atoms with Crippen LogP contribution in [0.4, 0.5) is 0 Å². The van der Waals surface area contributed by atoms with Crippen LogP contribution in [-0.4, -0.2) is 11.2 Å². The topological polar surface area (TPSA) is 31.2 Å². The van der Waals surface area contributed by atoms with Crippen LogP contribution >= 0.6 is 22.6 Å². The number of aromatic nitrogens is 1. The Kier molecular flexibility index (Phi) is 2.49. The van der Waals surface area contributed by atoms with E-state index >= 15 is 0 Å². The second kappa shape index (κ2) is 3.73. The van der Waals surface area contributed by atoms with Crippen molar-refractivity contribution in [2.75, 3.05) is 6.61 Å². The summed E-state index contributed by atoms with van der Waals surface area (Å²) < 4.78 is 9.03. The lowest BCUT2D eigenvalue weighted by atomic mass is 10.0. The second-order valence-corrected chi connectivity index (χ2v) is 6.66. The highest BCUT2D eigenvalue weighted by molar-refractivity contribution is 14.1. The number of pyridine rings is 1. The first kappa shape index (κ1) is 12.0. The maximum atomic E-state index is 12.3. The third kappa shape index (κ3) is 1.58. The summed E-state index contributed by atoms with van der Waals surface area (Å²) in [7, 11) is 0. The van der Waals surface area contributed by atoms with Crippen LogP contribution in [0.1, 0.15) is 19.4 Å². The molecule has 0 saturated heterocycles. The Labute approximate surface area is 119 Å². The van der Waals surface area contributed by atoms with Crippen molar-refractivity contribution in [3.05, 3.63) is 37.7 Å². The quantitative estimate of drug-likeness (QED) is 0.681. The average molecular weight is 355 g/mol. The minimum atomic E-state index is -0.128. The third-order valence-electron chi connectivity index (χ3n) is 3.44. The average Bonchev–Trinajstić information content (AvgIpc) is 2.29. The normalized spacial score (nSPS) is 16.7. The summed E-state index contributed by atoms with van der Waals surface area (Å²) in [6.07, 6.45) is 1.95. The molecule has 2 heterocycles. The molecule has 0 radical (unpaired) electrons. The zero-order valence-corrected chi connectivity index (χ0v) is 12.7. The molecular formula is C14H14INO2. The molecule has 3 rings (SSSR count). The Hall–Kier alpha value is -1.04. The molecule has 0 fully saturated rings. The number of benzene rings is 1. The van der Waals surface area contributed by atoms with Gasteiger partial charge in [-0.05, 0) is 55.5 Å². The van der Waals surface area contributed by atoms with Gasteiger partial charge in [-0.15, -0.1) is 0 Å². The van der Waals surface area contributed by atoms with E-state index in [-0.39, 0.29) is 11.0 Å². The highest BCUT2D eigenvalue weighted by atomic mass is 127. The van der Waals surface area contributed by atoms with E-state index in [4.69, 9.17) is 4.74 Å². The van der Waals surface area contributed by atoms with Crippen molar-refractivity contribution >= 4 is 33.5 Å². The van der Waals surface area contributed by atoms with Gasteiger partial charge in [0, 0.05) is 15.3 Å². The van der Waals surface area contributed by atoms with Gasteiger partial charge in [-0.25, -0.2) is 0 Å². The molecule has 0 spiro atoms. The lowest BCUT2D eigenvalue weighted by Gasteiger charge is -2.35. The Balaban J connectivity index is 2.58. The van der Waals surface area contributed by atoms with E-state index in [1.54, 1.807) is 0 Å². The SMILES string of the molecule is Cc1cn2c3c(cc(I)cc3c1=O)OCC2(C)C. The van der Waals surface area contributed by atoms with Gasteiger partial charge in [0.2, 0.25) is 0 Å². The van der Waals surface area contributed by atoms with Gasteiger partial charge in [-0.3, -0.25) is 4.79 Å². The van der Waals surface area contributed by atoms with Crippen LogP contribution in [0.3, 0.4) is 0 Å². The third-order valence-corrected chi connectivity index (χ3v) is 4.06. The van der Waals surface area contributed by atoms with Crippen LogP contribution in [0.5, 0.6) is 5.75 Å². The molecule has 1 aliphatic rings. The molecule has 0 bridgehead atoms. The maximum Gasteiger partial charge on any atom is 0.192 e. The molecule has 2 aromatic rings. The van der Waals surface area contributed by atoms with Gasteiger partial charge < -0.3 is 9.30 Å². The van der Waals surface area contributed by atoms with Gasteiger partial charge in [0.05, 0.1) is 16.4 Å². The van der Waals surface area contributed by atoms with Crippen LogP contribution in [0.25, 0.3) is 10.9 Å². The van der Waals surface area contributed by atoms with Crippen LogP contribution in [0.15, 0.2) is 23.1 Å². The van der Waals surface area contributed by atoms with E-state index in [0.29, 0.717) is 6.61 Å². The molecule has 1 aromatic carbocycles. The Morgan fingerprint density at radius 3 is 2.83 bits per heavy atom. The molecule has 94 valence electrons. The summed E-state index contributed by atoms with van der Waals surface area (Å²) in [4.78, 5) is 12.3. The van der Waals surface area contributed by atoms with Crippen LogP contribution in [0, 0.1) is 10.5 Å². The van der Waals surface area contributed by atoms with E-state index in [0.717, 1.165) is 25.8 Å². The number of rotatable bonds is 0. The molecular weight excluding hydrogens is 341 g/mol. The summed E-state index contributed by atoms with van der Waals surface area (Å²) in [5.41, 5.74) is 1.67. The standard InChI is InChI=1S/C14H14INO2/c1-8-6-16-12-10(13(8)17)4-9(15)5-11(12)18-7-14(16,2)3/h4-6H,7H2,1-3H3. The molecule has 18 heavy (non-hydrogen) atoms. The lowest BCUT2D eigenvalue weighted by Crippen LogP contribution is -2.38. The second-order valence-electron chi connectivity index (χ2n) is 5.41. The first-order valence-electron chi connectivity index (χ1n) is 5.89. The summed E-state index contributed by atoms with van der Waals surface area (Å²) >= 11 is 2.22. The zero-order chi connectivity index (χ0) is 13.1.